The van der Waals surface area contributed by atoms with Crippen LogP contribution in [0.3, 0.4) is 0 Å². The summed E-state index contributed by atoms with van der Waals surface area (Å²) in [5.74, 6) is 0. The van der Waals surface area contributed by atoms with Crippen LogP contribution in [0.5, 0.6) is 0 Å². The fourth-order valence-corrected chi connectivity index (χ4v) is 3.85. The van der Waals surface area contributed by atoms with Crippen LogP contribution in [-0.2, 0) is 57.2 Å². The topological polar surface area (TPSA) is 212 Å². The Bertz CT molecular complexity index is 1040. The molecule has 0 saturated carbocycles. The van der Waals surface area contributed by atoms with Gasteiger partial charge in [0.25, 0.3) is 0 Å². The average Bonchev–Trinajstić information content (AvgIpc) is 2.50. The van der Waals surface area contributed by atoms with Gasteiger partial charge in [-0.1, -0.05) is 0 Å². The normalized spacial score (nSPS) is 12.9. The molecule has 37 heavy (non-hydrogen) atoms. The smallest absolute Gasteiger partial charge is 0.421 e. The van der Waals surface area contributed by atoms with Crippen LogP contribution in [0.2, 0.25) is 0 Å². The van der Waals surface area contributed by atoms with Crippen LogP contribution < -0.4 is 0 Å². The van der Waals surface area contributed by atoms with Crippen LogP contribution in [0, 0.1) is 22.7 Å². The third-order valence-electron chi connectivity index (χ3n) is 1.56. The van der Waals surface area contributed by atoms with Gasteiger partial charge in [0.2, 0.25) is 0 Å². The molecule has 0 unspecified atom stereocenters. The van der Waals surface area contributed by atoms with Crippen LogP contribution in [0.25, 0.3) is 8.25 Å². The van der Waals surface area contributed by atoms with Gasteiger partial charge < -0.3 is 8.25 Å². The Balaban J connectivity index is -0.000000148. The number of rotatable bonds is 4. The maximum atomic E-state index is 11.4. The minimum Gasteiger partial charge on any atom is -0.421 e. The molecule has 12 nitrogen and oxygen atoms in total. The summed E-state index contributed by atoms with van der Waals surface area (Å²) in [6.07, 6.45) is 0. The molecular formula is C8H6CuF12N4O8S4. The van der Waals surface area contributed by atoms with Gasteiger partial charge in [0.1, 0.15) is 0 Å². The Hall–Kier alpha value is -1.62. The molecule has 0 amide bonds. The van der Waals surface area contributed by atoms with Gasteiger partial charge in [0, 0.05) is 13.8 Å². The maximum Gasteiger partial charge on any atom is 2.00 e. The van der Waals surface area contributed by atoms with E-state index in [1.807, 2.05) is 0 Å². The number of alkyl halides is 12. The quantitative estimate of drug-likeness (QED) is 0.308. The Kier molecular flexibility index (Phi) is 18.5. The molecule has 0 aliphatic carbocycles. The van der Waals surface area contributed by atoms with Crippen molar-refractivity contribution in [3.63, 3.8) is 0 Å². The summed E-state index contributed by atoms with van der Waals surface area (Å²) in [5, 5.41) is 14.6. The van der Waals surface area contributed by atoms with Gasteiger partial charge >= 0.3 is 39.1 Å². The van der Waals surface area contributed by atoms with Crippen molar-refractivity contribution in [2.24, 2.45) is 0 Å². The number of sulfonamides is 4. The SMILES string of the molecule is CC#N.CC#N.O=S(=O)([N-]S(=O)(=O)C(F)(F)F)C(F)(F)F.O=S(=O)([N-]S(=O)(=O)C(F)(F)F)C(F)(F)F.[Cu+2]. The largest absolute Gasteiger partial charge is 2.00 e. The van der Waals surface area contributed by atoms with E-state index in [9.17, 15) is 86.4 Å². The summed E-state index contributed by atoms with van der Waals surface area (Å²) < 4.78 is 218. The van der Waals surface area contributed by atoms with E-state index in [0.717, 1.165) is 8.25 Å². The standard InChI is InChI=1S/2C2F6NO4S2.2C2H3N.Cu/c2*3-1(4,5)14(10,11)9-15(12,13)2(6,7)8;2*1-2-3;/h;;2*1H3;/q2*-1;;;+2. The predicted octanol–water partition coefficient (Wildman–Crippen LogP) is 3.18. The van der Waals surface area contributed by atoms with Crippen molar-refractivity contribution in [2.45, 2.75) is 35.9 Å². The summed E-state index contributed by atoms with van der Waals surface area (Å²) in [6, 6.07) is 3.50. The van der Waals surface area contributed by atoms with Crippen molar-refractivity contribution >= 4 is 40.1 Å². The van der Waals surface area contributed by atoms with Crippen LogP contribution in [-0.4, -0.2) is 55.7 Å². The van der Waals surface area contributed by atoms with Crippen molar-refractivity contribution in [3.05, 3.63) is 8.25 Å². The Morgan fingerprint density at radius 1 is 0.459 bits per heavy atom. The van der Waals surface area contributed by atoms with Gasteiger partial charge in [-0.15, -0.1) is 0 Å². The van der Waals surface area contributed by atoms with Crippen LogP contribution >= 0.6 is 0 Å². The van der Waals surface area contributed by atoms with Gasteiger partial charge in [-0.25, -0.2) is 33.7 Å². The number of halogens is 12. The second-order valence-electron chi connectivity index (χ2n) is 4.28. The van der Waals surface area contributed by atoms with Crippen molar-refractivity contribution < 1.29 is 103 Å². The Morgan fingerprint density at radius 3 is 0.595 bits per heavy atom. The van der Waals surface area contributed by atoms with Crippen molar-refractivity contribution in [1.82, 2.24) is 0 Å². The minimum atomic E-state index is -6.72. The van der Waals surface area contributed by atoms with E-state index in [2.05, 4.69) is 0 Å². The van der Waals surface area contributed by atoms with E-state index in [0.29, 0.717) is 0 Å². The van der Waals surface area contributed by atoms with Crippen molar-refractivity contribution in [3.8, 4) is 12.1 Å². The summed E-state index contributed by atoms with van der Waals surface area (Å²) in [5.41, 5.74) is -24.8. The molecule has 0 aliphatic heterocycles. The number of nitriles is 2. The van der Waals surface area contributed by atoms with Gasteiger partial charge in [-0.3, -0.25) is 0 Å². The number of hydrogen-bond donors (Lipinski definition) is 0. The third kappa shape index (κ3) is 16.8. The molecule has 225 valence electrons. The summed E-state index contributed by atoms with van der Waals surface area (Å²) in [4.78, 5) is 0. The van der Waals surface area contributed by atoms with E-state index in [-0.39, 0.29) is 17.1 Å². The second kappa shape index (κ2) is 15.1. The first-order valence-electron chi connectivity index (χ1n) is 6.60. The first-order valence-corrected chi connectivity index (χ1v) is 12.4. The Morgan fingerprint density at radius 2 is 0.541 bits per heavy atom. The molecule has 0 rings (SSSR count). The van der Waals surface area contributed by atoms with Gasteiger partial charge in [-0.05, 0) is 0 Å². The molecular weight excluding hydrogens is 700 g/mol. The predicted molar refractivity (Wildman–Crippen MR) is 89.2 cm³/mol. The minimum absolute atomic E-state index is 0. The van der Waals surface area contributed by atoms with Gasteiger partial charge in [-0.2, -0.15) is 63.2 Å². The molecule has 0 aromatic heterocycles. The summed E-state index contributed by atoms with van der Waals surface area (Å²) >= 11 is 0. The van der Waals surface area contributed by atoms with Gasteiger partial charge in [0.05, 0.1) is 12.1 Å². The van der Waals surface area contributed by atoms with Crippen molar-refractivity contribution in [1.29, 1.82) is 10.5 Å². The molecule has 29 heteroatoms. The van der Waals surface area contributed by atoms with E-state index < -0.39 is 62.1 Å². The number of hydrogen-bond acceptors (Lipinski definition) is 10. The zero-order valence-electron chi connectivity index (χ0n) is 16.5. The first kappa shape index (κ1) is 45.3. The second-order valence-corrected chi connectivity index (χ2v) is 11.1. The zero-order valence-corrected chi connectivity index (χ0v) is 20.7. The van der Waals surface area contributed by atoms with E-state index >= 15 is 0 Å². The van der Waals surface area contributed by atoms with Crippen LogP contribution in [0.4, 0.5) is 52.7 Å². The third-order valence-corrected chi connectivity index (χ3v) is 7.04. The van der Waals surface area contributed by atoms with Crippen molar-refractivity contribution in [2.75, 3.05) is 0 Å². The fraction of sp³-hybridized carbons (Fsp3) is 0.750. The maximum absolute atomic E-state index is 11.4. The van der Waals surface area contributed by atoms with Crippen LogP contribution in [0.1, 0.15) is 13.8 Å². The summed E-state index contributed by atoms with van der Waals surface area (Å²) in [6.45, 7) is 2.86. The molecule has 0 N–H and O–H groups in total. The van der Waals surface area contributed by atoms with Gasteiger partial charge in [0.15, 0.2) is 40.1 Å². The zero-order chi connectivity index (χ0) is 30.8. The molecule has 0 saturated heterocycles. The van der Waals surface area contributed by atoms with E-state index in [1.54, 1.807) is 12.1 Å². The first-order chi connectivity index (χ1) is 15.2. The molecule has 0 fully saturated rings. The molecule has 0 atom stereocenters. The average molecular weight is 706 g/mol. The summed E-state index contributed by atoms with van der Waals surface area (Å²) in [7, 11) is -26.9. The molecule has 0 heterocycles. The van der Waals surface area contributed by atoms with E-state index in [4.69, 9.17) is 10.5 Å². The van der Waals surface area contributed by atoms with E-state index in [1.165, 1.54) is 13.8 Å². The molecule has 1 radical (unpaired) electrons. The molecule has 0 aromatic carbocycles. The molecule has 0 aromatic rings. The molecule has 0 bridgehead atoms. The molecule has 0 spiro atoms. The van der Waals surface area contributed by atoms with Crippen LogP contribution in [0.15, 0.2) is 0 Å². The number of nitrogens with zero attached hydrogens (tertiary/aromatic N) is 4. The Labute approximate surface area is 210 Å². The monoisotopic (exact) mass is 705 g/mol. The molecule has 0 aliphatic rings. The fourth-order valence-electron chi connectivity index (χ4n) is 0.427.